The molecule has 1 atom stereocenters. The van der Waals surface area contributed by atoms with Gasteiger partial charge in [-0.05, 0) is 25.2 Å². The van der Waals surface area contributed by atoms with Crippen LogP contribution in [0.4, 0.5) is 0 Å². The van der Waals surface area contributed by atoms with Crippen LogP contribution in [-0.2, 0) is 0 Å². The van der Waals surface area contributed by atoms with Crippen LogP contribution in [0.2, 0.25) is 0 Å². The SMILES string of the molecule is CC[C@H](O)C1CCCC1. The predicted octanol–water partition coefficient (Wildman–Crippen LogP) is 1.95. The number of aliphatic hydroxyl groups excluding tert-OH is 1. The van der Waals surface area contributed by atoms with E-state index in [-0.39, 0.29) is 6.10 Å². The Morgan fingerprint density at radius 2 is 2.00 bits per heavy atom. The first-order valence-corrected chi connectivity index (χ1v) is 4.02. The molecule has 0 aromatic rings. The summed E-state index contributed by atoms with van der Waals surface area (Å²) in [4.78, 5) is 0. The molecular formula is C8H16O. The van der Waals surface area contributed by atoms with Crippen LogP contribution < -0.4 is 0 Å². The Morgan fingerprint density at radius 3 is 2.44 bits per heavy atom. The van der Waals surface area contributed by atoms with Crippen LogP contribution in [0.15, 0.2) is 0 Å². The quantitative estimate of drug-likeness (QED) is 0.602. The first-order chi connectivity index (χ1) is 4.34. The number of hydrogen-bond donors (Lipinski definition) is 1. The van der Waals surface area contributed by atoms with Crippen molar-refractivity contribution in [2.24, 2.45) is 5.92 Å². The van der Waals surface area contributed by atoms with Gasteiger partial charge in [0, 0.05) is 0 Å². The summed E-state index contributed by atoms with van der Waals surface area (Å²) >= 11 is 0. The molecule has 1 heteroatoms. The smallest absolute Gasteiger partial charge is 0.0565 e. The molecule has 0 aromatic heterocycles. The molecule has 1 nitrogen and oxygen atoms in total. The molecule has 9 heavy (non-hydrogen) atoms. The molecule has 1 aliphatic carbocycles. The van der Waals surface area contributed by atoms with Crippen LogP contribution in [0.25, 0.3) is 0 Å². The van der Waals surface area contributed by atoms with Gasteiger partial charge in [-0.2, -0.15) is 0 Å². The van der Waals surface area contributed by atoms with Crippen LogP contribution in [-0.4, -0.2) is 11.2 Å². The van der Waals surface area contributed by atoms with Crippen LogP contribution in [0, 0.1) is 5.92 Å². The van der Waals surface area contributed by atoms with Crippen molar-refractivity contribution in [3.63, 3.8) is 0 Å². The van der Waals surface area contributed by atoms with Crippen molar-refractivity contribution in [2.75, 3.05) is 0 Å². The number of rotatable bonds is 2. The molecule has 0 aliphatic heterocycles. The normalized spacial score (nSPS) is 24.7. The summed E-state index contributed by atoms with van der Waals surface area (Å²) in [5.41, 5.74) is 0. The summed E-state index contributed by atoms with van der Waals surface area (Å²) in [5, 5.41) is 9.36. The first-order valence-electron chi connectivity index (χ1n) is 4.02. The molecule has 0 spiro atoms. The minimum absolute atomic E-state index is 0.00694. The zero-order valence-electron chi connectivity index (χ0n) is 6.14. The monoisotopic (exact) mass is 128 g/mol. The minimum atomic E-state index is -0.00694. The summed E-state index contributed by atoms with van der Waals surface area (Å²) in [6.45, 7) is 2.06. The highest BCUT2D eigenvalue weighted by atomic mass is 16.3. The number of hydrogen-bond acceptors (Lipinski definition) is 1. The van der Waals surface area contributed by atoms with Crippen LogP contribution in [0.3, 0.4) is 0 Å². The van der Waals surface area contributed by atoms with E-state index in [1.807, 2.05) is 0 Å². The Labute approximate surface area is 57.1 Å². The van der Waals surface area contributed by atoms with Gasteiger partial charge >= 0.3 is 0 Å². The molecule has 0 aromatic carbocycles. The van der Waals surface area contributed by atoms with Crippen LogP contribution >= 0.6 is 0 Å². The maximum absolute atomic E-state index is 9.36. The second-order valence-electron chi connectivity index (χ2n) is 3.02. The maximum atomic E-state index is 9.36. The standard InChI is InChI=1S/C8H16O/c1-2-8(9)7-5-3-4-6-7/h7-9H,2-6H2,1H3/t8-/m0/s1. The average molecular weight is 128 g/mol. The van der Waals surface area contributed by atoms with Crippen LogP contribution in [0.5, 0.6) is 0 Å². The summed E-state index contributed by atoms with van der Waals surface area (Å²) in [5.74, 6) is 0.634. The van der Waals surface area contributed by atoms with E-state index in [1.54, 1.807) is 0 Å². The topological polar surface area (TPSA) is 20.2 Å². The highest BCUT2D eigenvalue weighted by Gasteiger charge is 2.20. The molecule has 1 N–H and O–H groups in total. The van der Waals surface area contributed by atoms with Gasteiger partial charge < -0.3 is 5.11 Å². The Hall–Kier alpha value is -0.0400. The fourth-order valence-corrected chi connectivity index (χ4v) is 1.68. The van der Waals surface area contributed by atoms with E-state index in [4.69, 9.17) is 0 Å². The van der Waals surface area contributed by atoms with Gasteiger partial charge in [0.15, 0.2) is 0 Å². The Bertz CT molecular complexity index is 74.6. The first kappa shape index (κ1) is 7.07. The lowest BCUT2D eigenvalue weighted by molar-refractivity contribution is 0.107. The molecular weight excluding hydrogens is 112 g/mol. The highest BCUT2D eigenvalue weighted by molar-refractivity contribution is 4.73. The molecule has 0 amide bonds. The Kier molecular flexibility index (Phi) is 2.52. The van der Waals surface area contributed by atoms with Crippen molar-refractivity contribution in [1.82, 2.24) is 0 Å². The van der Waals surface area contributed by atoms with Gasteiger partial charge in [-0.3, -0.25) is 0 Å². The van der Waals surface area contributed by atoms with Gasteiger partial charge in [-0.1, -0.05) is 19.8 Å². The third kappa shape index (κ3) is 1.68. The van der Waals surface area contributed by atoms with Crippen molar-refractivity contribution in [3.05, 3.63) is 0 Å². The molecule has 1 rings (SSSR count). The third-order valence-corrected chi connectivity index (χ3v) is 2.36. The molecule has 1 saturated carbocycles. The summed E-state index contributed by atoms with van der Waals surface area (Å²) in [6.07, 6.45) is 6.12. The lowest BCUT2D eigenvalue weighted by Crippen LogP contribution is -2.15. The summed E-state index contributed by atoms with van der Waals surface area (Å²) < 4.78 is 0. The predicted molar refractivity (Wildman–Crippen MR) is 38.3 cm³/mol. The average Bonchev–Trinajstić information content (AvgIpc) is 2.37. The largest absolute Gasteiger partial charge is 0.393 e. The van der Waals surface area contributed by atoms with E-state index in [0.29, 0.717) is 5.92 Å². The minimum Gasteiger partial charge on any atom is -0.393 e. The highest BCUT2D eigenvalue weighted by Crippen LogP contribution is 2.28. The molecule has 1 fully saturated rings. The van der Waals surface area contributed by atoms with E-state index >= 15 is 0 Å². The van der Waals surface area contributed by atoms with E-state index in [2.05, 4.69) is 6.92 Å². The van der Waals surface area contributed by atoms with E-state index in [9.17, 15) is 5.11 Å². The molecule has 0 heterocycles. The summed E-state index contributed by atoms with van der Waals surface area (Å²) in [7, 11) is 0. The molecule has 1 aliphatic rings. The van der Waals surface area contributed by atoms with Crippen molar-refractivity contribution in [2.45, 2.75) is 45.1 Å². The molecule has 54 valence electrons. The second kappa shape index (κ2) is 3.21. The lowest BCUT2D eigenvalue weighted by atomic mass is 9.99. The van der Waals surface area contributed by atoms with Gasteiger partial charge in [0.05, 0.1) is 6.10 Å². The fourth-order valence-electron chi connectivity index (χ4n) is 1.68. The van der Waals surface area contributed by atoms with Crippen molar-refractivity contribution >= 4 is 0 Å². The summed E-state index contributed by atoms with van der Waals surface area (Å²) in [6, 6.07) is 0. The van der Waals surface area contributed by atoms with Crippen LogP contribution in [0.1, 0.15) is 39.0 Å². The van der Waals surface area contributed by atoms with Gasteiger partial charge in [-0.15, -0.1) is 0 Å². The third-order valence-electron chi connectivity index (χ3n) is 2.36. The maximum Gasteiger partial charge on any atom is 0.0565 e. The molecule has 0 unspecified atom stereocenters. The molecule has 0 bridgehead atoms. The van der Waals surface area contributed by atoms with Gasteiger partial charge in [0.25, 0.3) is 0 Å². The fraction of sp³-hybridized carbons (Fsp3) is 1.00. The molecule has 0 saturated heterocycles. The number of aliphatic hydroxyl groups is 1. The van der Waals surface area contributed by atoms with Gasteiger partial charge in [0.1, 0.15) is 0 Å². The lowest BCUT2D eigenvalue weighted by Gasteiger charge is -2.14. The Morgan fingerprint density at radius 1 is 1.44 bits per heavy atom. The van der Waals surface area contributed by atoms with Crippen molar-refractivity contribution in [3.8, 4) is 0 Å². The van der Waals surface area contributed by atoms with Gasteiger partial charge in [-0.25, -0.2) is 0 Å². The van der Waals surface area contributed by atoms with E-state index in [1.165, 1.54) is 25.7 Å². The second-order valence-corrected chi connectivity index (χ2v) is 3.02. The Balaban J connectivity index is 2.24. The van der Waals surface area contributed by atoms with Crippen molar-refractivity contribution in [1.29, 1.82) is 0 Å². The molecule has 0 radical (unpaired) electrons. The van der Waals surface area contributed by atoms with Crippen molar-refractivity contribution < 1.29 is 5.11 Å². The van der Waals surface area contributed by atoms with E-state index in [0.717, 1.165) is 6.42 Å². The van der Waals surface area contributed by atoms with E-state index < -0.39 is 0 Å². The zero-order valence-corrected chi connectivity index (χ0v) is 6.14. The van der Waals surface area contributed by atoms with Gasteiger partial charge in [0.2, 0.25) is 0 Å². The zero-order chi connectivity index (χ0) is 6.69.